The molecule has 1 aromatic rings. The van der Waals surface area contributed by atoms with Crippen LogP contribution in [0.5, 0.6) is 5.88 Å². The van der Waals surface area contributed by atoms with Crippen molar-refractivity contribution in [3.63, 3.8) is 0 Å². The lowest BCUT2D eigenvalue weighted by Gasteiger charge is -2.36. The van der Waals surface area contributed by atoms with Gasteiger partial charge >= 0.3 is 0 Å². The largest absolute Gasteiger partial charge is 0.508 e. The summed E-state index contributed by atoms with van der Waals surface area (Å²) in [5.74, 6) is 0.426. The van der Waals surface area contributed by atoms with Crippen LogP contribution in [0.4, 0.5) is 0 Å². The van der Waals surface area contributed by atoms with Gasteiger partial charge in [0.2, 0.25) is 5.78 Å². The number of nitrogens with zero attached hydrogens (tertiary/aromatic N) is 2. The Hall–Kier alpha value is -2.08. The van der Waals surface area contributed by atoms with Crippen LogP contribution in [0, 0.1) is 5.92 Å². The van der Waals surface area contributed by atoms with Crippen LogP contribution in [0.1, 0.15) is 48.3 Å². The molecule has 6 nitrogen and oxygen atoms in total. The molecule has 2 aliphatic rings. The Labute approximate surface area is 135 Å². The fourth-order valence-corrected chi connectivity index (χ4v) is 3.32. The molecular formula is C17H22N2O4. The number of aliphatic hydroxyl groups is 1. The predicted octanol–water partition coefficient (Wildman–Crippen LogP) is 3.04. The summed E-state index contributed by atoms with van der Waals surface area (Å²) < 4.78 is 11.1. The molecule has 0 saturated heterocycles. The lowest BCUT2D eigenvalue weighted by Crippen LogP contribution is -2.36. The van der Waals surface area contributed by atoms with Crippen LogP contribution >= 0.6 is 0 Å². The van der Waals surface area contributed by atoms with Gasteiger partial charge < -0.3 is 14.4 Å². The van der Waals surface area contributed by atoms with E-state index in [9.17, 15) is 9.90 Å². The van der Waals surface area contributed by atoms with Gasteiger partial charge in [-0.25, -0.2) is 0 Å². The summed E-state index contributed by atoms with van der Waals surface area (Å²) in [5, 5.41) is 14.2. The van der Waals surface area contributed by atoms with E-state index in [1.807, 2.05) is 25.1 Å². The number of hydrogen-bond donors (Lipinski definition) is 1. The van der Waals surface area contributed by atoms with Crippen molar-refractivity contribution in [2.75, 3.05) is 20.7 Å². The van der Waals surface area contributed by atoms with E-state index in [2.05, 4.69) is 12.1 Å². The predicted molar refractivity (Wildman–Crippen MR) is 84.6 cm³/mol. The molecule has 1 aromatic heterocycles. The number of unbranched alkanes of at least 4 members (excludes halogenated alkanes) is 1. The molecule has 0 unspecified atom stereocenters. The molecule has 23 heavy (non-hydrogen) atoms. The van der Waals surface area contributed by atoms with Gasteiger partial charge in [0.1, 0.15) is 11.3 Å². The van der Waals surface area contributed by atoms with Crippen LogP contribution in [0.2, 0.25) is 0 Å². The molecule has 0 fully saturated rings. The number of Topliss-reactive ketones (excluding diaryl/α,β-unsaturated/α-hetero) is 1. The molecule has 0 aromatic carbocycles. The van der Waals surface area contributed by atoms with Crippen LogP contribution in [-0.4, -0.2) is 41.6 Å². The molecule has 1 N–H and O–H groups in total. The summed E-state index contributed by atoms with van der Waals surface area (Å²) >= 11 is 0. The van der Waals surface area contributed by atoms with E-state index in [0.29, 0.717) is 29.9 Å². The van der Waals surface area contributed by atoms with Crippen molar-refractivity contribution in [3.05, 3.63) is 34.8 Å². The van der Waals surface area contributed by atoms with Gasteiger partial charge in [-0.1, -0.05) is 19.4 Å². The third-order valence-electron chi connectivity index (χ3n) is 4.41. The molecule has 0 saturated carbocycles. The monoisotopic (exact) mass is 318 g/mol. The first-order valence-corrected chi connectivity index (χ1v) is 7.99. The van der Waals surface area contributed by atoms with E-state index in [4.69, 9.17) is 9.26 Å². The Balaban J connectivity index is 2.06. The SMILES string of the molecule is CCCCOc1noc2c1C(=O)C1=C(O)C=CC[C@H]1[C@H]2N(C)C. The molecular weight excluding hydrogens is 296 g/mol. The van der Waals surface area contributed by atoms with Crippen molar-refractivity contribution in [1.29, 1.82) is 0 Å². The van der Waals surface area contributed by atoms with E-state index in [0.717, 1.165) is 12.8 Å². The molecule has 0 bridgehead atoms. The quantitative estimate of drug-likeness (QED) is 0.841. The minimum absolute atomic E-state index is 0.0319. The second-order valence-corrected chi connectivity index (χ2v) is 6.21. The first-order valence-electron chi connectivity index (χ1n) is 7.99. The normalized spacial score (nSPS) is 23.2. The molecule has 3 rings (SSSR count). The van der Waals surface area contributed by atoms with Crippen molar-refractivity contribution in [3.8, 4) is 5.88 Å². The maximum Gasteiger partial charge on any atom is 0.265 e. The molecule has 0 amide bonds. The summed E-state index contributed by atoms with van der Waals surface area (Å²) in [4.78, 5) is 14.9. The first-order chi connectivity index (χ1) is 11.1. The topological polar surface area (TPSA) is 75.8 Å². The molecule has 0 spiro atoms. The van der Waals surface area contributed by atoms with Gasteiger partial charge in [-0.3, -0.25) is 9.69 Å². The fourth-order valence-electron chi connectivity index (χ4n) is 3.32. The van der Waals surface area contributed by atoms with E-state index in [1.165, 1.54) is 0 Å². The van der Waals surface area contributed by atoms with E-state index in [-0.39, 0.29) is 29.4 Å². The minimum atomic E-state index is -0.238. The highest BCUT2D eigenvalue weighted by molar-refractivity contribution is 6.13. The van der Waals surface area contributed by atoms with Crippen molar-refractivity contribution in [2.24, 2.45) is 5.92 Å². The maximum atomic E-state index is 12.9. The first kappa shape index (κ1) is 15.8. The second kappa shape index (κ2) is 6.20. The summed E-state index contributed by atoms with van der Waals surface area (Å²) in [6, 6.07) is -0.152. The highest BCUT2D eigenvalue weighted by atomic mass is 16.5. The number of allylic oxidation sites excluding steroid dienone is 2. The maximum absolute atomic E-state index is 12.9. The van der Waals surface area contributed by atoms with Crippen LogP contribution in [0.15, 0.2) is 28.0 Å². The molecule has 2 atom stereocenters. The number of aliphatic hydroxyl groups excluding tert-OH is 1. The summed E-state index contributed by atoms with van der Waals surface area (Å²) in [5.41, 5.74) is 0.787. The Kier molecular flexibility index (Phi) is 4.26. The Morgan fingerprint density at radius 2 is 2.26 bits per heavy atom. The van der Waals surface area contributed by atoms with E-state index in [1.54, 1.807) is 6.08 Å². The third-order valence-corrected chi connectivity index (χ3v) is 4.41. The van der Waals surface area contributed by atoms with Crippen molar-refractivity contribution < 1.29 is 19.2 Å². The van der Waals surface area contributed by atoms with Gasteiger partial charge in [0.25, 0.3) is 5.88 Å². The average molecular weight is 318 g/mol. The van der Waals surface area contributed by atoms with Gasteiger partial charge in [0.15, 0.2) is 5.76 Å². The zero-order valence-corrected chi connectivity index (χ0v) is 13.7. The number of carbonyl (C=O) groups excluding carboxylic acids is 1. The summed E-state index contributed by atoms with van der Waals surface area (Å²) in [6.07, 6.45) is 6.03. The van der Waals surface area contributed by atoms with Crippen LogP contribution < -0.4 is 4.74 Å². The van der Waals surface area contributed by atoms with E-state index < -0.39 is 0 Å². The molecule has 2 aliphatic carbocycles. The van der Waals surface area contributed by atoms with E-state index >= 15 is 0 Å². The Morgan fingerprint density at radius 1 is 1.48 bits per heavy atom. The van der Waals surface area contributed by atoms with Gasteiger partial charge in [0.05, 0.1) is 12.6 Å². The number of hydrogen-bond acceptors (Lipinski definition) is 6. The molecule has 0 radical (unpaired) electrons. The lowest BCUT2D eigenvalue weighted by molar-refractivity contribution is 0.0946. The number of aromatic nitrogens is 1. The zero-order valence-electron chi connectivity index (χ0n) is 13.7. The van der Waals surface area contributed by atoms with Gasteiger partial charge in [-0.15, -0.1) is 0 Å². The standard InChI is InChI=1S/C17H22N2O4/c1-4-5-9-22-17-13-15(21)12-10(7-6-8-11(12)20)14(19(2)3)16(13)23-18-17/h6,8,10,14,20H,4-5,7,9H2,1-3H3/t10-,14-/m1/s1. The van der Waals surface area contributed by atoms with Crippen molar-refractivity contribution in [1.82, 2.24) is 10.1 Å². The van der Waals surface area contributed by atoms with Gasteiger partial charge in [-0.2, -0.15) is 0 Å². The summed E-state index contributed by atoms with van der Waals surface area (Å²) in [6.45, 7) is 2.56. The molecule has 6 heteroatoms. The van der Waals surface area contributed by atoms with Crippen LogP contribution in [0.25, 0.3) is 0 Å². The van der Waals surface area contributed by atoms with Crippen LogP contribution in [-0.2, 0) is 0 Å². The molecule has 1 heterocycles. The zero-order chi connectivity index (χ0) is 16.6. The Morgan fingerprint density at radius 3 is 2.96 bits per heavy atom. The summed E-state index contributed by atoms with van der Waals surface area (Å²) in [7, 11) is 3.86. The minimum Gasteiger partial charge on any atom is -0.508 e. The molecule has 0 aliphatic heterocycles. The average Bonchev–Trinajstić information content (AvgIpc) is 2.91. The lowest BCUT2D eigenvalue weighted by atomic mass is 9.74. The Bertz CT molecular complexity index is 672. The number of ether oxygens (including phenoxy) is 1. The third kappa shape index (κ3) is 2.57. The second-order valence-electron chi connectivity index (χ2n) is 6.21. The number of fused-ring (bicyclic) bond motifs is 2. The number of ketones is 1. The highest BCUT2D eigenvalue weighted by Gasteiger charge is 2.46. The highest BCUT2D eigenvalue weighted by Crippen LogP contribution is 2.47. The number of carbonyl (C=O) groups is 1. The van der Waals surface area contributed by atoms with Gasteiger partial charge in [0, 0.05) is 11.5 Å². The molecule has 124 valence electrons. The van der Waals surface area contributed by atoms with Gasteiger partial charge in [-0.05, 0) is 38.2 Å². The fraction of sp³-hybridized carbons (Fsp3) is 0.529. The van der Waals surface area contributed by atoms with Crippen LogP contribution in [0.3, 0.4) is 0 Å². The smallest absolute Gasteiger partial charge is 0.265 e. The van der Waals surface area contributed by atoms with Crippen molar-refractivity contribution in [2.45, 2.75) is 32.2 Å². The number of rotatable bonds is 5. The van der Waals surface area contributed by atoms with Crippen molar-refractivity contribution >= 4 is 5.78 Å².